The predicted molar refractivity (Wildman–Crippen MR) is 83.9 cm³/mol. The van der Waals surface area contributed by atoms with Gasteiger partial charge in [0.15, 0.2) is 11.5 Å². The average Bonchev–Trinajstić information content (AvgIpc) is 2.51. The van der Waals surface area contributed by atoms with E-state index < -0.39 is 0 Å². The lowest BCUT2D eigenvalue weighted by molar-refractivity contribution is -0.122. The number of nitrogens with one attached hydrogen (secondary N) is 2. The second-order valence-electron chi connectivity index (χ2n) is 5.02. The molecule has 0 aliphatic carbocycles. The van der Waals surface area contributed by atoms with Crippen molar-refractivity contribution < 1.29 is 14.3 Å². The first-order chi connectivity index (χ1) is 10.0. The molecule has 1 rings (SSSR count). The average molecular weight is 294 g/mol. The van der Waals surface area contributed by atoms with Gasteiger partial charge < -0.3 is 14.8 Å². The number of benzene rings is 1. The van der Waals surface area contributed by atoms with Gasteiger partial charge in [-0.2, -0.15) is 0 Å². The number of amides is 1. The summed E-state index contributed by atoms with van der Waals surface area (Å²) in [5, 5.41) is 6.17. The fourth-order valence-electron chi connectivity index (χ4n) is 2.07. The lowest BCUT2D eigenvalue weighted by Crippen LogP contribution is -2.43. The van der Waals surface area contributed by atoms with Crippen molar-refractivity contribution in [3.05, 3.63) is 23.8 Å². The van der Waals surface area contributed by atoms with Crippen molar-refractivity contribution in [1.82, 2.24) is 10.6 Å². The Morgan fingerprint density at radius 1 is 1.19 bits per heavy atom. The van der Waals surface area contributed by atoms with Crippen LogP contribution in [0, 0.1) is 0 Å². The van der Waals surface area contributed by atoms with E-state index in [9.17, 15) is 4.79 Å². The van der Waals surface area contributed by atoms with E-state index in [1.165, 1.54) is 0 Å². The third kappa shape index (κ3) is 4.93. The minimum atomic E-state index is -0.250. The number of methoxy groups -OCH3 is 2. The molecule has 2 N–H and O–H groups in total. The zero-order chi connectivity index (χ0) is 15.8. The molecule has 0 saturated heterocycles. The van der Waals surface area contributed by atoms with E-state index >= 15 is 0 Å². The van der Waals surface area contributed by atoms with E-state index in [0.29, 0.717) is 18.0 Å². The molecular formula is C16H26N2O3. The molecule has 5 heteroatoms. The van der Waals surface area contributed by atoms with Crippen molar-refractivity contribution in [3.8, 4) is 11.5 Å². The van der Waals surface area contributed by atoms with Gasteiger partial charge in [-0.3, -0.25) is 10.1 Å². The van der Waals surface area contributed by atoms with Crippen LogP contribution in [0.1, 0.15) is 38.8 Å². The summed E-state index contributed by atoms with van der Waals surface area (Å²) in [6, 6.07) is 5.55. The van der Waals surface area contributed by atoms with E-state index in [0.717, 1.165) is 12.0 Å². The lowest BCUT2D eigenvalue weighted by Gasteiger charge is -2.21. The smallest absolute Gasteiger partial charge is 0.236 e. The van der Waals surface area contributed by atoms with Crippen LogP contribution in [0.4, 0.5) is 0 Å². The highest BCUT2D eigenvalue weighted by Crippen LogP contribution is 2.29. The number of hydrogen-bond acceptors (Lipinski definition) is 4. The molecule has 0 spiro atoms. The van der Waals surface area contributed by atoms with Gasteiger partial charge >= 0.3 is 0 Å². The first kappa shape index (κ1) is 17.3. The molecular weight excluding hydrogens is 268 g/mol. The van der Waals surface area contributed by atoms with Gasteiger partial charge in [0.2, 0.25) is 5.91 Å². The topological polar surface area (TPSA) is 59.6 Å². The van der Waals surface area contributed by atoms with E-state index in [-0.39, 0.29) is 18.0 Å². The summed E-state index contributed by atoms with van der Waals surface area (Å²) in [5.41, 5.74) is 1.04. The van der Waals surface area contributed by atoms with Crippen molar-refractivity contribution >= 4 is 5.91 Å². The summed E-state index contributed by atoms with van der Waals surface area (Å²) in [6.45, 7) is 6.62. The Labute approximate surface area is 127 Å². The molecule has 0 aromatic heterocycles. The maximum atomic E-state index is 11.9. The molecule has 118 valence electrons. The molecule has 0 radical (unpaired) electrons. The monoisotopic (exact) mass is 294 g/mol. The SMILES string of the molecule is CCCNC(=O)C(C)NC(C)c1ccc(OC)c(OC)c1. The Morgan fingerprint density at radius 3 is 2.43 bits per heavy atom. The summed E-state index contributed by atoms with van der Waals surface area (Å²) in [5.74, 6) is 1.40. The molecule has 2 unspecified atom stereocenters. The van der Waals surface area contributed by atoms with Crippen LogP contribution in [0.25, 0.3) is 0 Å². The van der Waals surface area contributed by atoms with Crippen LogP contribution in [0.2, 0.25) is 0 Å². The summed E-state index contributed by atoms with van der Waals surface area (Å²) in [4.78, 5) is 11.9. The largest absolute Gasteiger partial charge is 0.493 e. The molecule has 5 nitrogen and oxygen atoms in total. The van der Waals surface area contributed by atoms with Gasteiger partial charge in [0.1, 0.15) is 0 Å². The van der Waals surface area contributed by atoms with Gasteiger partial charge in [0.05, 0.1) is 20.3 Å². The Balaban J connectivity index is 2.70. The quantitative estimate of drug-likeness (QED) is 0.772. The molecule has 0 aliphatic heterocycles. The van der Waals surface area contributed by atoms with Crippen LogP contribution < -0.4 is 20.1 Å². The van der Waals surface area contributed by atoms with Crippen molar-refractivity contribution in [2.24, 2.45) is 0 Å². The second kappa shape index (κ2) is 8.52. The molecule has 0 bridgehead atoms. The van der Waals surface area contributed by atoms with Crippen LogP contribution in [0.3, 0.4) is 0 Å². The van der Waals surface area contributed by atoms with E-state index in [1.54, 1.807) is 14.2 Å². The third-order valence-electron chi connectivity index (χ3n) is 3.35. The van der Waals surface area contributed by atoms with Gasteiger partial charge in [0.25, 0.3) is 0 Å². The molecule has 1 amide bonds. The summed E-state index contributed by atoms with van der Waals surface area (Å²) >= 11 is 0. The maximum Gasteiger partial charge on any atom is 0.236 e. The van der Waals surface area contributed by atoms with Crippen LogP contribution in [-0.2, 0) is 4.79 Å². The molecule has 0 heterocycles. The van der Waals surface area contributed by atoms with Gasteiger partial charge in [-0.1, -0.05) is 13.0 Å². The number of rotatable bonds is 8. The first-order valence-corrected chi connectivity index (χ1v) is 7.29. The highest BCUT2D eigenvalue weighted by molar-refractivity contribution is 5.81. The van der Waals surface area contributed by atoms with Crippen LogP contribution in [0.15, 0.2) is 18.2 Å². The van der Waals surface area contributed by atoms with Crippen molar-refractivity contribution in [2.45, 2.75) is 39.3 Å². The minimum Gasteiger partial charge on any atom is -0.493 e. The third-order valence-corrected chi connectivity index (χ3v) is 3.35. The van der Waals surface area contributed by atoms with E-state index in [4.69, 9.17) is 9.47 Å². The van der Waals surface area contributed by atoms with Crippen molar-refractivity contribution in [1.29, 1.82) is 0 Å². The normalized spacial score (nSPS) is 13.4. The number of carbonyl (C=O) groups excluding carboxylic acids is 1. The fraction of sp³-hybridized carbons (Fsp3) is 0.562. The second-order valence-corrected chi connectivity index (χ2v) is 5.02. The Kier molecular flexibility index (Phi) is 7.02. The summed E-state index contributed by atoms with van der Waals surface area (Å²) in [6.07, 6.45) is 0.934. The number of ether oxygens (including phenoxy) is 2. The van der Waals surface area contributed by atoms with Crippen molar-refractivity contribution in [2.75, 3.05) is 20.8 Å². The maximum absolute atomic E-state index is 11.9. The Hall–Kier alpha value is -1.75. The Morgan fingerprint density at radius 2 is 1.86 bits per heavy atom. The zero-order valence-corrected chi connectivity index (χ0v) is 13.5. The molecule has 1 aromatic carbocycles. The molecule has 0 aliphatic rings. The van der Waals surface area contributed by atoms with Crippen LogP contribution >= 0.6 is 0 Å². The zero-order valence-electron chi connectivity index (χ0n) is 13.5. The minimum absolute atomic E-state index is 0.0178. The lowest BCUT2D eigenvalue weighted by atomic mass is 10.1. The molecule has 0 saturated carbocycles. The summed E-state index contributed by atoms with van der Waals surface area (Å²) in [7, 11) is 3.22. The van der Waals surface area contributed by atoms with E-state index in [2.05, 4.69) is 10.6 Å². The molecule has 21 heavy (non-hydrogen) atoms. The van der Waals surface area contributed by atoms with Crippen LogP contribution in [-0.4, -0.2) is 32.7 Å². The highest BCUT2D eigenvalue weighted by atomic mass is 16.5. The van der Waals surface area contributed by atoms with Gasteiger partial charge in [-0.15, -0.1) is 0 Å². The molecule has 0 fully saturated rings. The van der Waals surface area contributed by atoms with Gasteiger partial charge in [-0.25, -0.2) is 0 Å². The van der Waals surface area contributed by atoms with E-state index in [1.807, 2.05) is 39.0 Å². The van der Waals surface area contributed by atoms with Crippen molar-refractivity contribution in [3.63, 3.8) is 0 Å². The number of carbonyl (C=O) groups is 1. The standard InChI is InChI=1S/C16H26N2O3/c1-6-9-17-16(19)12(3)18-11(2)13-7-8-14(20-4)15(10-13)21-5/h7-8,10-12,18H,6,9H2,1-5H3,(H,17,19). The van der Waals surface area contributed by atoms with Crippen LogP contribution in [0.5, 0.6) is 11.5 Å². The predicted octanol–water partition coefficient (Wildman–Crippen LogP) is 2.27. The first-order valence-electron chi connectivity index (χ1n) is 7.29. The van der Waals surface area contributed by atoms with Gasteiger partial charge in [-0.05, 0) is 38.0 Å². The fourth-order valence-corrected chi connectivity index (χ4v) is 2.07. The summed E-state index contributed by atoms with van der Waals surface area (Å²) < 4.78 is 10.5. The van der Waals surface area contributed by atoms with Gasteiger partial charge in [0, 0.05) is 12.6 Å². The molecule has 1 aromatic rings. The Bertz CT molecular complexity index is 463. The number of hydrogen-bond donors (Lipinski definition) is 2. The highest BCUT2D eigenvalue weighted by Gasteiger charge is 2.16. The molecule has 2 atom stereocenters.